The summed E-state index contributed by atoms with van der Waals surface area (Å²) in [7, 11) is 0. The zero-order valence-corrected chi connectivity index (χ0v) is 10.5. The highest BCUT2D eigenvalue weighted by atomic mass is 16.6. The van der Waals surface area contributed by atoms with Crippen molar-refractivity contribution < 1.29 is 19.6 Å². The number of nitro groups is 1. The minimum Gasteiger partial charge on any atom is -0.486 e. The van der Waals surface area contributed by atoms with Gasteiger partial charge in [-0.05, 0) is 32.4 Å². The lowest BCUT2D eigenvalue weighted by Crippen LogP contribution is -2.30. The standard InChI is InChI=1S/C12H15NO5/c1-8-4-5-10(9(6-8)13(16)17)18-7-12(2,3)11(14)15/h4-6H,7H2,1-3H3,(H,14,15). The molecule has 0 aliphatic carbocycles. The lowest BCUT2D eigenvalue weighted by molar-refractivity contribution is -0.386. The number of aryl methyl sites for hydroxylation is 1. The van der Waals surface area contributed by atoms with Crippen LogP contribution in [0.5, 0.6) is 5.75 Å². The van der Waals surface area contributed by atoms with Crippen LogP contribution in [0.25, 0.3) is 0 Å². The van der Waals surface area contributed by atoms with Crippen molar-refractivity contribution in [3.63, 3.8) is 0 Å². The fourth-order valence-electron chi connectivity index (χ4n) is 1.21. The van der Waals surface area contributed by atoms with Crippen molar-refractivity contribution >= 4 is 11.7 Å². The summed E-state index contributed by atoms with van der Waals surface area (Å²) in [5.74, 6) is -0.933. The summed E-state index contributed by atoms with van der Waals surface area (Å²) >= 11 is 0. The van der Waals surface area contributed by atoms with Crippen LogP contribution in [0.15, 0.2) is 18.2 Å². The van der Waals surface area contributed by atoms with E-state index in [2.05, 4.69) is 0 Å². The van der Waals surface area contributed by atoms with Crippen LogP contribution < -0.4 is 4.74 Å². The largest absolute Gasteiger partial charge is 0.486 e. The Hall–Kier alpha value is -2.11. The van der Waals surface area contributed by atoms with Crippen LogP contribution in [0, 0.1) is 22.5 Å². The maximum absolute atomic E-state index is 10.9. The van der Waals surface area contributed by atoms with E-state index in [0.717, 1.165) is 5.56 Å². The number of hydrogen-bond donors (Lipinski definition) is 1. The quantitative estimate of drug-likeness (QED) is 0.642. The topological polar surface area (TPSA) is 89.7 Å². The van der Waals surface area contributed by atoms with Crippen LogP contribution in [0.4, 0.5) is 5.69 Å². The molecule has 1 rings (SSSR count). The molecule has 0 heterocycles. The Balaban J connectivity index is 2.92. The van der Waals surface area contributed by atoms with E-state index in [9.17, 15) is 14.9 Å². The Bertz CT molecular complexity index is 481. The molecule has 0 fully saturated rings. The van der Waals surface area contributed by atoms with Crippen molar-refractivity contribution in [3.8, 4) is 5.75 Å². The molecule has 98 valence electrons. The molecule has 1 aromatic rings. The number of carboxylic acid groups (broad SMARTS) is 1. The van der Waals surface area contributed by atoms with Crippen molar-refractivity contribution in [1.82, 2.24) is 0 Å². The molecule has 0 aliphatic rings. The molecule has 0 unspecified atom stereocenters. The number of hydrogen-bond acceptors (Lipinski definition) is 4. The maximum atomic E-state index is 10.9. The van der Waals surface area contributed by atoms with Crippen molar-refractivity contribution in [2.24, 2.45) is 5.41 Å². The first-order valence-corrected chi connectivity index (χ1v) is 5.35. The highest BCUT2D eigenvalue weighted by molar-refractivity contribution is 5.73. The van der Waals surface area contributed by atoms with E-state index >= 15 is 0 Å². The third kappa shape index (κ3) is 3.19. The summed E-state index contributed by atoms with van der Waals surface area (Å²) in [5.41, 5.74) is -0.513. The summed E-state index contributed by atoms with van der Waals surface area (Å²) in [4.78, 5) is 21.2. The van der Waals surface area contributed by atoms with Crippen LogP contribution in [0.2, 0.25) is 0 Å². The predicted octanol–water partition coefficient (Wildman–Crippen LogP) is 2.39. The Kier molecular flexibility index (Phi) is 3.90. The van der Waals surface area contributed by atoms with Gasteiger partial charge < -0.3 is 9.84 Å². The van der Waals surface area contributed by atoms with E-state index in [4.69, 9.17) is 9.84 Å². The first-order chi connectivity index (χ1) is 8.24. The molecule has 0 saturated heterocycles. The van der Waals surface area contributed by atoms with E-state index in [1.165, 1.54) is 26.0 Å². The third-order valence-electron chi connectivity index (χ3n) is 2.48. The number of aliphatic carboxylic acids is 1. The summed E-state index contributed by atoms with van der Waals surface area (Å²) in [6.07, 6.45) is 0. The zero-order chi connectivity index (χ0) is 13.9. The molecule has 0 aliphatic heterocycles. The second kappa shape index (κ2) is 5.03. The van der Waals surface area contributed by atoms with Gasteiger partial charge in [-0.2, -0.15) is 0 Å². The lowest BCUT2D eigenvalue weighted by Gasteiger charge is -2.19. The summed E-state index contributed by atoms with van der Waals surface area (Å²) < 4.78 is 5.26. The molecule has 0 amide bonds. The lowest BCUT2D eigenvalue weighted by atomic mass is 9.95. The first-order valence-electron chi connectivity index (χ1n) is 5.35. The molecule has 0 spiro atoms. The van der Waals surface area contributed by atoms with E-state index in [1.807, 2.05) is 0 Å². The third-order valence-corrected chi connectivity index (χ3v) is 2.48. The molecular weight excluding hydrogens is 238 g/mol. The van der Waals surface area contributed by atoms with Crippen molar-refractivity contribution in [2.75, 3.05) is 6.61 Å². The highest BCUT2D eigenvalue weighted by Crippen LogP contribution is 2.29. The fraction of sp³-hybridized carbons (Fsp3) is 0.417. The molecule has 0 radical (unpaired) electrons. The monoisotopic (exact) mass is 253 g/mol. The number of benzene rings is 1. The van der Waals surface area contributed by atoms with Crippen molar-refractivity contribution in [2.45, 2.75) is 20.8 Å². The Labute approximate surface area is 104 Å². The minimum atomic E-state index is -1.10. The van der Waals surface area contributed by atoms with Crippen LogP contribution in [0.1, 0.15) is 19.4 Å². The number of carbonyl (C=O) groups is 1. The van der Waals surface area contributed by atoms with E-state index < -0.39 is 16.3 Å². The van der Waals surface area contributed by atoms with Crippen LogP contribution in [-0.4, -0.2) is 22.6 Å². The molecule has 0 saturated carbocycles. The molecule has 6 heteroatoms. The Morgan fingerprint density at radius 3 is 2.61 bits per heavy atom. The van der Waals surface area contributed by atoms with Crippen molar-refractivity contribution in [1.29, 1.82) is 0 Å². The average Bonchev–Trinajstić information content (AvgIpc) is 2.27. The minimum absolute atomic E-state index is 0.0833. The van der Waals surface area contributed by atoms with Gasteiger partial charge in [0.15, 0.2) is 5.75 Å². The summed E-state index contributed by atoms with van der Waals surface area (Å²) in [5, 5.41) is 19.8. The van der Waals surface area contributed by atoms with Gasteiger partial charge in [-0.25, -0.2) is 0 Å². The Morgan fingerprint density at radius 2 is 2.11 bits per heavy atom. The second-order valence-corrected chi connectivity index (χ2v) is 4.71. The number of rotatable bonds is 5. The number of ether oxygens (including phenoxy) is 1. The predicted molar refractivity (Wildman–Crippen MR) is 64.7 cm³/mol. The molecule has 1 aromatic carbocycles. The molecule has 0 bridgehead atoms. The van der Waals surface area contributed by atoms with E-state index in [0.29, 0.717) is 0 Å². The maximum Gasteiger partial charge on any atom is 0.312 e. The molecule has 0 aromatic heterocycles. The molecular formula is C12H15NO5. The zero-order valence-electron chi connectivity index (χ0n) is 10.5. The van der Waals surface area contributed by atoms with Gasteiger partial charge in [0.2, 0.25) is 0 Å². The van der Waals surface area contributed by atoms with Gasteiger partial charge in [-0.1, -0.05) is 6.07 Å². The summed E-state index contributed by atoms with van der Waals surface area (Å²) in [6.45, 7) is 4.59. The van der Waals surface area contributed by atoms with Gasteiger partial charge in [0.1, 0.15) is 6.61 Å². The number of carboxylic acids is 1. The van der Waals surface area contributed by atoms with Gasteiger partial charge in [-0.3, -0.25) is 14.9 Å². The molecule has 6 nitrogen and oxygen atoms in total. The molecule has 0 atom stereocenters. The average molecular weight is 253 g/mol. The van der Waals surface area contributed by atoms with Crippen LogP contribution >= 0.6 is 0 Å². The number of nitro benzene ring substituents is 1. The molecule has 1 N–H and O–H groups in total. The van der Waals surface area contributed by atoms with E-state index in [-0.39, 0.29) is 18.0 Å². The number of nitrogens with zero attached hydrogens (tertiary/aromatic N) is 1. The van der Waals surface area contributed by atoms with Gasteiger partial charge in [0.25, 0.3) is 0 Å². The van der Waals surface area contributed by atoms with Crippen molar-refractivity contribution in [3.05, 3.63) is 33.9 Å². The first kappa shape index (κ1) is 14.0. The molecule has 18 heavy (non-hydrogen) atoms. The normalized spacial score (nSPS) is 11.1. The van der Waals surface area contributed by atoms with Gasteiger partial charge in [-0.15, -0.1) is 0 Å². The fourth-order valence-corrected chi connectivity index (χ4v) is 1.21. The van der Waals surface area contributed by atoms with Crippen LogP contribution in [0.3, 0.4) is 0 Å². The van der Waals surface area contributed by atoms with Crippen LogP contribution in [-0.2, 0) is 4.79 Å². The van der Waals surface area contributed by atoms with Gasteiger partial charge >= 0.3 is 11.7 Å². The van der Waals surface area contributed by atoms with Gasteiger partial charge in [0, 0.05) is 6.07 Å². The SMILES string of the molecule is Cc1ccc(OCC(C)(C)C(=O)O)c([N+](=O)[O-])c1. The highest BCUT2D eigenvalue weighted by Gasteiger charge is 2.29. The smallest absolute Gasteiger partial charge is 0.312 e. The van der Waals surface area contributed by atoms with Gasteiger partial charge in [0.05, 0.1) is 10.3 Å². The Morgan fingerprint density at radius 1 is 1.50 bits per heavy atom. The summed E-state index contributed by atoms with van der Waals surface area (Å²) in [6, 6.07) is 4.55. The van der Waals surface area contributed by atoms with E-state index in [1.54, 1.807) is 13.0 Å². The second-order valence-electron chi connectivity index (χ2n) is 4.71.